The standard InChI is InChI=1S/C11H17NO6/c1-7(13)9(10(15)18-11(2,3)4)12-17-6-8(14)16-5/h6H2,1-5H3/b12-9-. The van der Waals surface area contributed by atoms with E-state index in [0.717, 1.165) is 6.92 Å². The molecule has 0 fully saturated rings. The fourth-order valence-corrected chi connectivity index (χ4v) is 0.780. The summed E-state index contributed by atoms with van der Waals surface area (Å²) in [5.74, 6) is -2.19. The van der Waals surface area contributed by atoms with Crippen molar-refractivity contribution >= 4 is 23.4 Å². The van der Waals surface area contributed by atoms with Gasteiger partial charge in [-0.3, -0.25) is 4.79 Å². The molecule has 102 valence electrons. The van der Waals surface area contributed by atoms with Gasteiger partial charge in [0.15, 0.2) is 5.78 Å². The lowest BCUT2D eigenvalue weighted by atomic mass is 10.2. The van der Waals surface area contributed by atoms with Crippen LogP contribution in [0.5, 0.6) is 0 Å². The number of nitrogens with zero attached hydrogens (tertiary/aromatic N) is 1. The zero-order chi connectivity index (χ0) is 14.3. The lowest BCUT2D eigenvalue weighted by Crippen LogP contribution is -2.32. The van der Waals surface area contributed by atoms with E-state index in [9.17, 15) is 14.4 Å². The smallest absolute Gasteiger partial charge is 0.364 e. The van der Waals surface area contributed by atoms with E-state index in [1.165, 1.54) is 7.11 Å². The van der Waals surface area contributed by atoms with Crippen molar-refractivity contribution in [3.8, 4) is 0 Å². The first-order valence-electron chi connectivity index (χ1n) is 5.18. The molecule has 7 nitrogen and oxygen atoms in total. The molecule has 0 aromatic heterocycles. The summed E-state index contributed by atoms with van der Waals surface area (Å²) in [7, 11) is 1.18. The Balaban J connectivity index is 4.66. The van der Waals surface area contributed by atoms with Crippen LogP contribution in [-0.2, 0) is 28.7 Å². The second-order valence-electron chi connectivity index (χ2n) is 4.35. The van der Waals surface area contributed by atoms with Crippen LogP contribution in [-0.4, -0.2) is 42.8 Å². The van der Waals surface area contributed by atoms with Crippen molar-refractivity contribution < 1.29 is 28.7 Å². The number of esters is 2. The van der Waals surface area contributed by atoms with Gasteiger partial charge in [0.25, 0.3) is 0 Å². The maximum atomic E-state index is 11.6. The Labute approximate surface area is 105 Å². The number of hydrogen-bond acceptors (Lipinski definition) is 7. The Morgan fingerprint density at radius 3 is 2.11 bits per heavy atom. The molecule has 0 radical (unpaired) electrons. The van der Waals surface area contributed by atoms with Gasteiger partial charge >= 0.3 is 11.9 Å². The number of rotatable bonds is 5. The number of oxime groups is 1. The molecule has 0 saturated carbocycles. The summed E-state index contributed by atoms with van der Waals surface area (Å²) < 4.78 is 9.26. The minimum Gasteiger partial charge on any atom is -0.466 e. The Bertz CT molecular complexity index is 366. The summed E-state index contributed by atoms with van der Waals surface area (Å²) in [4.78, 5) is 38.0. The van der Waals surface area contributed by atoms with Crippen LogP contribution in [0.2, 0.25) is 0 Å². The minimum absolute atomic E-state index is 0.490. The lowest BCUT2D eigenvalue weighted by Gasteiger charge is -2.19. The molecule has 0 saturated heterocycles. The van der Waals surface area contributed by atoms with Crippen LogP contribution in [0.4, 0.5) is 0 Å². The van der Waals surface area contributed by atoms with Gasteiger partial charge in [-0.05, 0) is 20.8 Å². The van der Waals surface area contributed by atoms with Crippen molar-refractivity contribution in [2.45, 2.75) is 33.3 Å². The molecule has 0 aliphatic heterocycles. The topological polar surface area (TPSA) is 91.3 Å². The summed E-state index contributed by atoms with van der Waals surface area (Å²) in [5, 5.41) is 3.29. The second kappa shape index (κ2) is 6.73. The highest BCUT2D eigenvalue weighted by Crippen LogP contribution is 2.07. The Kier molecular flexibility index (Phi) is 6.01. The normalized spacial score (nSPS) is 11.7. The van der Waals surface area contributed by atoms with Crippen LogP contribution >= 0.6 is 0 Å². The molecule has 0 aliphatic rings. The summed E-state index contributed by atoms with van der Waals surface area (Å²) in [6.45, 7) is 5.61. The average Bonchev–Trinajstić information content (AvgIpc) is 2.20. The van der Waals surface area contributed by atoms with Crippen LogP contribution in [0.3, 0.4) is 0 Å². The fourth-order valence-electron chi connectivity index (χ4n) is 0.780. The van der Waals surface area contributed by atoms with Crippen LogP contribution < -0.4 is 0 Å². The number of ether oxygens (including phenoxy) is 2. The third-order valence-electron chi connectivity index (χ3n) is 1.49. The number of carbonyl (C=O) groups excluding carboxylic acids is 3. The molecule has 0 heterocycles. The fraction of sp³-hybridized carbons (Fsp3) is 0.636. The van der Waals surface area contributed by atoms with Gasteiger partial charge in [-0.25, -0.2) is 9.59 Å². The Morgan fingerprint density at radius 2 is 1.72 bits per heavy atom. The number of carbonyl (C=O) groups is 3. The first-order chi connectivity index (χ1) is 8.17. The number of hydrogen-bond donors (Lipinski definition) is 0. The Hall–Kier alpha value is -1.92. The first kappa shape index (κ1) is 16.1. The van der Waals surface area contributed by atoms with Crippen LogP contribution in [0.1, 0.15) is 27.7 Å². The zero-order valence-electron chi connectivity index (χ0n) is 11.1. The number of methoxy groups -OCH3 is 1. The Morgan fingerprint density at radius 1 is 1.17 bits per heavy atom. The first-order valence-corrected chi connectivity index (χ1v) is 5.18. The number of Topliss-reactive ketones (excluding diaryl/α,β-unsaturated/α-hetero) is 1. The second-order valence-corrected chi connectivity index (χ2v) is 4.35. The summed E-state index contributed by atoms with van der Waals surface area (Å²) in [6.07, 6.45) is 0. The van der Waals surface area contributed by atoms with Crippen molar-refractivity contribution in [1.29, 1.82) is 0 Å². The molecule has 0 amide bonds. The van der Waals surface area contributed by atoms with E-state index in [-0.39, 0.29) is 0 Å². The van der Waals surface area contributed by atoms with Gasteiger partial charge in [0.1, 0.15) is 5.60 Å². The molecule has 0 spiro atoms. The average molecular weight is 259 g/mol. The van der Waals surface area contributed by atoms with E-state index in [4.69, 9.17) is 4.74 Å². The van der Waals surface area contributed by atoms with Gasteiger partial charge in [-0.1, -0.05) is 5.16 Å². The molecule has 0 atom stereocenters. The predicted molar refractivity (Wildman–Crippen MR) is 61.9 cm³/mol. The summed E-state index contributed by atoms with van der Waals surface area (Å²) in [5.41, 5.74) is -1.26. The van der Waals surface area contributed by atoms with Crippen molar-refractivity contribution in [3.05, 3.63) is 0 Å². The largest absolute Gasteiger partial charge is 0.466 e. The monoisotopic (exact) mass is 259 g/mol. The van der Waals surface area contributed by atoms with Crippen LogP contribution in [0.25, 0.3) is 0 Å². The summed E-state index contributed by atoms with van der Waals surface area (Å²) >= 11 is 0. The quantitative estimate of drug-likeness (QED) is 0.308. The van der Waals surface area contributed by atoms with Crippen molar-refractivity contribution in [1.82, 2.24) is 0 Å². The van der Waals surface area contributed by atoms with Gasteiger partial charge in [-0.2, -0.15) is 0 Å². The van der Waals surface area contributed by atoms with E-state index in [1.54, 1.807) is 20.8 Å². The van der Waals surface area contributed by atoms with E-state index < -0.39 is 35.6 Å². The van der Waals surface area contributed by atoms with Gasteiger partial charge < -0.3 is 14.3 Å². The van der Waals surface area contributed by atoms with Gasteiger partial charge in [0.2, 0.25) is 12.3 Å². The highest BCUT2D eigenvalue weighted by atomic mass is 16.7. The molecule has 0 unspecified atom stereocenters. The highest BCUT2D eigenvalue weighted by molar-refractivity contribution is 6.63. The highest BCUT2D eigenvalue weighted by Gasteiger charge is 2.25. The van der Waals surface area contributed by atoms with E-state index >= 15 is 0 Å². The molecule has 0 bridgehead atoms. The van der Waals surface area contributed by atoms with Crippen molar-refractivity contribution in [2.75, 3.05) is 13.7 Å². The van der Waals surface area contributed by atoms with Gasteiger partial charge in [0.05, 0.1) is 7.11 Å². The molecule has 0 aliphatic carbocycles. The molecular weight excluding hydrogens is 242 g/mol. The summed E-state index contributed by atoms with van der Waals surface area (Å²) in [6, 6.07) is 0. The molecule has 0 aromatic rings. The molecular formula is C11H17NO6. The van der Waals surface area contributed by atoms with Gasteiger partial charge in [0, 0.05) is 6.92 Å². The maximum Gasteiger partial charge on any atom is 0.364 e. The van der Waals surface area contributed by atoms with Crippen LogP contribution in [0.15, 0.2) is 5.16 Å². The minimum atomic E-state index is -0.903. The van der Waals surface area contributed by atoms with Crippen molar-refractivity contribution in [3.63, 3.8) is 0 Å². The van der Waals surface area contributed by atoms with E-state index in [0.29, 0.717) is 0 Å². The maximum absolute atomic E-state index is 11.6. The van der Waals surface area contributed by atoms with Gasteiger partial charge in [-0.15, -0.1) is 0 Å². The predicted octanol–water partition coefficient (Wildman–Crippen LogP) is 0.463. The lowest BCUT2D eigenvalue weighted by molar-refractivity contribution is -0.149. The molecule has 7 heteroatoms. The molecule has 0 N–H and O–H groups in total. The van der Waals surface area contributed by atoms with Crippen molar-refractivity contribution in [2.24, 2.45) is 5.16 Å². The molecule has 18 heavy (non-hydrogen) atoms. The third kappa shape index (κ3) is 6.62. The zero-order valence-corrected chi connectivity index (χ0v) is 11.1. The SMILES string of the molecule is COC(=O)CO/N=C(/C(C)=O)C(=O)OC(C)(C)C. The third-order valence-corrected chi connectivity index (χ3v) is 1.49. The molecule has 0 rings (SSSR count). The van der Waals surface area contributed by atoms with E-state index in [2.05, 4.69) is 14.7 Å². The number of ketones is 1. The van der Waals surface area contributed by atoms with Crippen LogP contribution in [0, 0.1) is 0 Å². The van der Waals surface area contributed by atoms with E-state index in [1.807, 2.05) is 0 Å². The molecule has 0 aromatic carbocycles.